The molecular formula is C12H15F3N2O3S. The number of nitrogens with two attached hydrogens (primary N) is 1. The number of hydrogen-bond acceptors (Lipinski definition) is 4. The first-order valence-electron chi connectivity index (χ1n) is 6.19. The van der Waals surface area contributed by atoms with E-state index < -0.39 is 26.7 Å². The molecule has 1 aromatic rings. The van der Waals surface area contributed by atoms with E-state index in [-0.39, 0.29) is 6.10 Å². The van der Waals surface area contributed by atoms with E-state index in [1.54, 1.807) is 4.90 Å². The second-order valence-corrected chi connectivity index (χ2v) is 6.38. The molecule has 1 fully saturated rings. The number of benzene rings is 1. The maximum Gasteiger partial charge on any atom is 0.417 e. The first kappa shape index (κ1) is 16.1. The van der Waals surface area contributed by atoms with Gasteiger partial charge in [-0.2, -0.15) is 13.2 Å². The summed E-state index contributed by atoms with van der Waals surface area (Å²) >= 11 is 0. The van der Waals surface area contributed by atoms with Crippen LogP contribution in [-0.4, -0.2) is 34.2 Å². The van der Waals surface area contributed by atoms with Gasteiger partial charge < -0.3 is 9.64 Å². The van der Waals surface area contributed by atoms with Crippen molar-refractivity contribution in [1.82, 2.24) is 0 Å². The number of nitrogens with zero attached hydrogens (tertiary/aromatic N) is 1. The Bertz CT molecular complexity index is 631. The Morgan fingerprint density at radius 2 is 2.05 bits per heavy atom. The third kappa shape index (κ3) is 3.66. The standard InChI is InChI=1S/C12H15F3N2O3S/c1-8-7-17(4-5-20-8)9-2-3-11(21(16,18)19)10(6-9)12(13,14)15/h2-3,6,8H,4-5,7H2,1H3,(H2,16,18,19)/t8-/m0/s1. The number of halogens is 3. The van der Waals surface area contributed by atoms with Gasteiger partial charge in [-0.3, -0.25) is 0 Å². The second kappa shape index (κ2) is 5.47. The molecule has 0 amide bonds. The Morgan fingerprint density at radius 1 is 1.38 bits per heavy atom. The van der Waals surface area contributed by atoms with Crippen LogP contribution in [0.1, 0.15) is 12.5 Å². The summed E-state index contributed by atoms with van der Waals surface area (Å²) in [5, 5.41) is 4.84. The Balaban J connectivity index is 2.47. The molecule has 1 heterocycles. The number of morpholine rings is 1. The van der Waals surface area contributed by atoms with Gasteiger partial charge in [-0.15, -0.1) is 0 Å². The van der Waals surface area contributed by atoms with Crippen molar-refractivity contribution in [3.63, 3.8) is 0 Å². The molecule has 1 saturated heterocycles. The van der Waals surface area contributed by atoms with E-state index in [1.165, 1.54) is 6.07 Å². The lowest BCUT2D eigenvalue weighted by Gasteiger charge is -2.33. The number of alkyl halides is 3. The highest BCUT2D eigenvalue weighted by Crippen LogP contribution is 2.36. The summed E-state index contributed by atoms with van der Waals surface area (Å²) < 4.78 is 67.0. The Morgan fingerprint density at radius 3 is 2.57 bits per heavy atom. The molecule has 21 heavy (non-hydrogen) atoms. The highest BCUT2D eigenvalue weighted by Gasteiger charge is 2.37. The van der Waals surface area contributed by atoms with Crippen molar-refractivity contribution in [2.75, 3.05) is 24.6 Å². The summed E-state index contributed by atoms with van der Waals surface area (Å²) in [6, 6.07) is 3.04. The topological polar surface area (TPSA) is 72.6 Å². The predicted octanol–water partition coefficient (Wildman–Crippen LogP) is 1.58. The fourth-order valence-corrected chi connectivity index (χ4v) is 2.98. The third-order valence-electron chi connectivity index (χ3n) is 3.18. The van der Waals surface area contributed by atoms with E-state index in [0.717, 1.165) is 12.1 Å². The van der Waals surface area contributed by atoms with Gasteiger partial charge in [0.1, 0.15) is 0 Å². The van der Waals surface area contributed by atoms with Crippen molar-refractivity contribution in [3.05, 3.63) is 23.8 Å². The zero-order valence-corrected chi connectivity index (χ0v) is 12.0. The number of rotatable bonds is 2. The van der Waals surface area contributed by atoms with Crippen LogP contribution >= 0.6 is 0 Å². The second-order valence-electron chi connectivity index (χ2n) is 4.85. The average Bonchev–Trinajstić information content (AvgIpc) is 2.36. The molecule has 1 aromatic carbocycles. The van der Waals surface area contributed by atoms with E-state index in [4.69, 9.17) is 9.88 Å². The van der Waals surface area contributed by atoms with E-state index in [1.807, 2.05) is 6.92 Å². The minimum atomic E-state index is -4.80. The number of anilines is 1. The molecule has 0 bridgehead atoms. The molecule has 1 aliphatic heterocycles. The molecule has 0 unspecified atom stereocenters. The third-order valence-corrected chi connectivity index (χ3v) is 4.15. The molecule has 118 valence electrons. The molecule has 0 spiro atoms. The molecule has 1 atom stereocenters. The van der Waals surface area contributed by atoms with Crippen molar-refractivity contribution in [1.29, 1.82) is 0 Å². The van der Waals surface area contributed by atoms with Crippen molar-refractivity contribution in [2.24, 2.45) is 5.14 Å². The predicted molar refractivity (Wildman–Crippen MR) is 70.4 cm³/mol. The van der Waals surface area contributed by atoms with Crippen LogP contribution in [0.25, 0.3) is 0 Å². The fourth-order valence-electron chi connectivity index (χ4n) is 2.24. The number of ether oxygens (including phenoxy) is 1. The lowest BCUT2D eigenvalue weighted by molar-refractivity contribution is -0.139. The zero-order chi connectivity index (χ0) is 15.8. The summed E-state index contributed by atoms with van der Waals surface area (Å²) in [5.74, 6) is 0. The van der Waals surface area contributed by atoms with Gasteiger partial charge >= 0.3 is 6.18 Å². The summed E-state index contributed by atoms with van der Waals surface area (Å²) in [5.41, 5.74) is -0.952. The van der Waals surface area contributed by atoms with Crippen molar-refractivity contribution < 1.29 is 26.3 Å². The molecule has 2 rings (SSSR count). The van der Waals surface area contributed by atoms with Crippen LogP contribution in [0.3, 0.4) is 0 Å². The van der Waals surface area contributed by atoms with E-state index in [9.17, 15) is 21.6 Å². The SMILES string of the molecule is C[C@H]1CN(c2ccc(S(N)(=O)=O)c(C(F)(F)F)c2)CCO1. The smallest absolute Gasteiger partial charge is 0.375 e. The molecule has 0 saturated carbocycles. The molecule has 2 N–H and O–H groups in total. The van der Waals surface area contributed by atoms with Gasteiger partial charge in [0.05, 0.1) is 23.2 Å². The molecule has 0 aromatic heterocycles. The molecule has 0 aliphatic carbocycles. The van der Waals surface area contributed by atoms with Gasteiger partial charge in [0.2, 0.25) is 10.0 Å². The van der Waals surface area contributed by atoms with Gasteiger partial charge in [0, 0.05) is 18.8 Å². The first-order valence-corrected chi connectivity index (χ1v) is 7.74. The lowest BCUT2D eigenvalue weighted by Crippen LogP contribution is -2.41. The largest absolute Gasteiger partial charge is 0.417 e. The van der Waals surface area contributed by atoms with Crippen molar-refractivity contribution >= 4 is 15.7 Å². The summed E-state index contributed by atoms with van der Waals surface area (Å²) in [7, 11) is -4.44. The first-order chi connectivity index (χ1) is 9.59. The van der Waals surface area contributed by atoms with Crippen molar-refractivity contribution in [2.45, 2.75) is 24.1 Å². The van der Waals surface area contributed by atoms with Crippen LogP contribution in [0, 0.1) is 0 Å². The van der Waals surface area contributed by atoms with Crippen LogP contribution in [0.15, 0.2) is 23.1 Å². The molecule has 0 radical (unpaired) electrons. The molecule has 5 nitrogen and oxygen atoms in total. The number of primary sulfonamides is 1. The maximum absolute atomic E-state index is 13.0. The molecule has 1 aliphatic rings. The summed E-state index contributed by atoms with van der Waals surface area (Å²) in [6.07, 6.45) is -4.90. The summed E-state index contributed by atoms with van der Waals surface area (Å²) in [4.78, 5) is 0.802. The van der Waals surface area contributed by atoms with Crippen LogP contribution in [0.5, 0.6) is 0 Å². The zero-order valence-electron chi connectivity index (χ0n) is 11.2. The average molecular weight is 324 g/mol. The normalized spacial score (nSPS) is 20.6. The monoisotopic (exact) mass is 324 g/mol. The molecule has 9 heteroatoms. The van der Waals surface area contributed by atoms with Crippen LogP contribution in [0.4, 0.5) is 18.9 Å². The Hall–Kier alpha value is -1.32. The van der Waals surface area contributed by atoms with E-state index in [2.05, 4.69) is 0 Å². The van der Waals surface area contributed by atoms with E-state index >= 15 is 0 Å². The lowest BCUT2D eigenvalue weighted by atomic mass is 10.1. The van der Waals surface area contributed by atoms with Gasteiger partial charge in [0.25, 0.3) is 0 Å². The summed E-state index contributed by atoms with van der Waals surface area (Å²) in [6.45, 7) is 3.09. The molecular weight excluding hydrogens is 309 g/mol. The van der Waals surface area contributed by atoms with Crippen LogP contribution in [-0.2, 0) is 20.9 Å². The van der Waals surface area contributed by atoms with Crippen LogP contribution in [0.2, 0.25) is 0 Å². The fraction of sp³-hybridized carbons (Fsp3) is 0.500. The highest BCUT2D eigenvalue weighted by atomic mass is 32.2. The number of sulfonamides is 1. The minimum Gasteiger partial charge on any atom is -0.375 e. The maximum atomic E-state index is 13.0. The Kier molecular flexibility index (Phi) is 4.18. The highest BCUT2D eigenvalue weighted by molar-refractivity contribution is 7.89. The Labute approximate surface area is 120 Å². The van der Waals surface area contributed by atoms with E-state index in [0.29, 0.717) is 25.4 Å². The quantitative estimate of drug-likeness (QED) is 0.896. The van der Waals surface area contributed by atoms with Gasteiger partial charge in [-0.25, -0.2) is 13.6 Å². The van der Waals surface area contributed by atoms with Gasteiger partial charge in [-0.05, 0) is 25.1 Å². The van der Waals surface area contributed by atoms with Crippen LogP contribution < -0.4 is 10.0 Å². The van der Waals surface area contributed by atoms with Gasteiger partial charge in [0.15, 0.2) is 0 Å². The van der Waals surface area contributed by atoms with Crippen molar-refractivity contribution in [3.8, 4) is 0 Å². The number of hydrogen-bond donors (Lipinski definition) is 1. The minimum absolute atomic E-state index is 0.106. The van der Waals surface area contributed by atoms with Gasteiger partial charge in [-0.1, -0.05) is 0 Å².